The van der Waals surface area contributed by atoms with Gasteiger partial charge in [-0.3, -0.25) is 4.79 Å². The third-order valence-corrected chi connectivity index (χ3v) is 3.39. The summed E-state index contributed by atoms with van der Waals surface area (Å²) < 4.78 is 19.0. The van der Waals surface area contributed by atoms with Crippen molar-refractivity contribution in [2.24, 2.45) is 5.41 Å². The summed E-state index contributed by atoms with van der Waals surface area (Å²) >= 11 is 3.05. The second kappa shape index (κ2) is 4.74. The molecule has 92 valence electrons. The number of halogens is 2. The average Bonchev–Trinajstić information content (AvgIpc) is 2.27. The molecule has 1 aliphatic rings. The first-order chi connectivity index (χ1) is 8.02. The highest BCUT2D eigenvalue weighted by atomic mass is 79.9. The number of hydrogen-bond donors (Lipinski definition) is 1. The number of carbonyl (C=O) groups is 1. The van der Waals surface area contributed by atoms with E-state index in [4.69, 9.17) is 4.74 Å². The van der Waals surface area contributed by atoms with Crippen molar-refractivity contribution >= 4 is 21.8 Å². The Morgan fingerprint density at radius 1 is 1.59 bits per heavy atom. The van der Waals surface area contributed by atoms with Crippen molar-refractivity contribution in [3.8, 4) is 0 Å². The van der Waals surface area contributed by atoms with E-state index in [2.05, 4.69) is 21.2 Å². The molecule has 1 aromatic carbocycles. The molecule has 0 aliphatic carbocycles. The Labute approximate surface area is 107 Å². The summed E-state index contributed by atoms with van der Waals surface area (Å²) in [7, 11) is 0. The van der Waals surface area contributed by atoms with E-state index in [1.54, 1.807) is 12.1 Å². The molecule has 1 aromatic rings. The molecule has 1 aliphatic heterocycles. The van der Waals surface area contributed by atoms with Gasteiger partial charge in [-0.25, -0.2) is 4.39 Å². The second-order valence-electron chi connectivity index (χ2n) is 4.59. The number of ether oxygens (including phenoxy) is 1. The molecule has 0 radical (unpaired) electrons. The van der Waals surface area contributed by atoms with Crippen LogP contribution in [-0.2, 0) is 4.74 Å². The van der Waals surface area contributed by atoms with Crippen LogP contribution in [0.15, 0.2) is 22.7 Å². The maximum atomic E-state index is 13.6. The van der Waals surface area contributed by atoms with Gasteiger partial charge < -0.3 is 10.1 Å². The van der Waals surface area contributed by atoms with Crippen molar-refractivity contribution in [1.82, 2.24) is 5.32 Å². The molecule has 2 rings (SSSR count). The molecule has 0 spiro atoms. The Kier molecular flexibility index (Phi) is 3.49. The Hall–Kier alpha value is -0.940. The van der Waals surface area contributed by atoms with E-state index < -0.39 is 11.7 Å². The van der Waals surface area contributed by atoms with Gasteiger partial charge in [0.25, 0.3) is 5.91 Å². The maximum Gasteiger partial charge on any atom is 0.254 e. The molecule has 1 N–H and O–H groups in total. The summed E-state index contributed by atoms with van der Waals surface area (Å²) in [5.74, 6) is -0.920. The minimum absolute atomic E-state index is 0.0157. The lowest BCUT2D eigenvalue weighted by Crippen LogP contribution is -2.48. The number of nitrogens with one attached hydrogen (secondary N) is 1. The summed E-state index contributed by atoms with van der Waals surface area (Å²) in [5.41, 5.74) is 0.0428. The van der Waals surface area contributed by atoms with Gasteiger partial charge in [0, 0.05) is 12.0 Å². The molecule has 0 bridgehead atoms. The molecule has 1 amide bonds. The summed E-state index contributed by atoms with van der Waals surface area (Å²) in [6.45, 7) is 3.79. The Balaban J connectivity index is 2.02. The fourth-order valence-corrected chi connectivity index (χ4v) is 1.99. The van der Waals surface area contributed by atoms with Crippen molar-refractivity contribution in [2.45, 2.75) is 6.92 Å². The number of hydrogen-bond acceptors (Lipinski definition) is 2. The first-order valence-corrected chi connectivity index (χ1v) is 6.11. The van der Waals surface area contributed by atoms with E-state index in [0.717, 1.165) is 0 Å². The minimum atomic E-state index is -0.528. The van der Waals surface area contributed by atoms with Gasteiger partial charge in [-0.1, -0.05) is 13.0 Å². The molecule has 0 saturated carbocycles. The standard InChI is InChI=1S/C12H13BrFNO2/c1-12(6-17-7-12)5-15-11(16)8-3-2-4-9(13)10(8)14/h2-4H,5-7H2,1H3,(H,15,16). The van der Waals surface area contributed by atoms with Gasteiger partial charge in [0.2, 0.25) is 0 Å². The van der Waals surface area contributed by atoms with Gasteiger partial charge >= 0.3 is 0 Å². The van der Waals surface area contributed by atoms with Gasteiger partial charge in [-0.2, -0.15) is 0 Å². The predicted molar refractivity (Wildman–Crippen MR) is 65.4 cm³/mol. The van der Waals surface area contributed by atoms with Gasteiger partial charge in [0.1, 0.15) is 5.82 Å². The van der Waals surface area contributed by atoms with Crippen LogP contribution in [0.2, 0.25) is 0 Å². The fraction of sp³-hybridized carbons (Fsp3) is 0.417. The van der Waals surface area contributed by atoms with Crippen LogP contribution < -0.4 is 5.32 Å². The third-order valence-electron chi connectivity index (χ3n) is 2.77. The largest absolute Gasteiger partial charge is 0.380 e. The quantitative estimate of drug-likeness (QED) is 0.931. The van der Waals surface area contributed by atoms with E-state index in [-0.39, 0.29) is 11.0 Å². The monoisotopic (exact) mass is 301 g/mol. The first kappa shape index (κ1) is 12.5. The SMILES string of the molecule is CC1(CNC(=O)c2cccc(Br)c2F)COC1. The molecule has 1 fully saturated rings. The molecular formula is C12H13BrFNO2. The zero-order valence-corrected chi connectivity index (χ0v) is 11.0. The van der Waals surface area contributed by atoms with E-state index in [1.165, 1.54) is 6.07 Å². The summed E-state index contributed by atoms with van der Waals surface area (Å²) in [5, 5.41) is 2.73. The highest BCUT2D eigenvalue weighted by molar-refractivity contribution is 9.10. The van der Waals surface area contributed by atoms with Crippen LogP contribution in [0.3, 0.4) is 0 Å². The molecule has 1 saturated heterocycles. The predicted octanol–water partition coefficient (Wildman–Crippen LogP) is 2.35. The topological polar surface area (TPSA) is 38.3 Å². The lowest BCUT2D eigenvalue weighted by Gasteiger charge is -2.38. The van der Waals surface area contributed by atoms with E-state index in [1.807, 2.05) is 6.92 Å². The Morgan fingerprint density at radius 3 is 2.88 bits per heavy atom. The average molecular weight is 302 g/mol. The zero-order valence-electron chi connectivity index (χ0n) is 9.43. The molecule has 1 heterocycles. The van der Waals surface area contributed by atoms with E-state index in [0.29, 0.717) is 24.2 Å². The van der Waals surface area contributed by atoms with Crippen LogP contribution in [0.1, 0.15) is 17.3 Å². The van der Waals surface area contributed by atoms with Crippen LogP contribution in [0.25, 0.3) is 0 Å². The molecule has 0 unspecified atom stereocenters. The van der Waals surface area contributed by atoms with Gasteiger partial charge in [0.15, 0.2) is 0 Å². The number of amides is 1. The third kappa shape index (κ3) is 2.66. The molecule has 17 heavy (non-hydrogen) atoms. The van der Waals surface area contributed by atoms with Crippen molar-refractivity contribution in [2.75, 3.05) is 19.8 Å². The van der Waals surface area contributed by atoms with Crippen molar-refractivity contribution in [3.63, 3.8) is 0 Å². The molecular weight excluding hydrogens is 289 g/mol. The molecule has 5 heteroatoms. The molecule has 0 aromatic heterocycles. The van der Waals surface area contributed by atoms with Gasteiger partial charge in [-0.05, 0) is 28.1 Å². The number of benzene rings is 1. The highest BCUT2D eigenvalue weighted by Gasteiger charge is 2.33. The van der Waals surface area contributed by atoms with Crippen LogP contribution in [0.5, 0.6) is 0 Å². The summed E-state index contributed by atoms with van der Waals surface area (Å²) in [4.78, 5) is 11.8. The maximum absolute atomic E-state index is 13.6. The lowest BCUT2D eigenvalue weighted by molar-refractivity contribution is -0.0978. The van der Waals surface area contributed by atoms with Crippen LogP contribution >= 0.6 is 15.9 Å². The Morgan fingerprint density at radius 2 is 2.29 bits per heavy atom. The van der Waals surface area contributed by atoms with Crippen LogP contribution in [0, 0.1) is 11.2 Å². The van der Waals surface area contributed by atoms with Gasteiger partial charge in [0.05, 0.1) is 23.2 Å². The normalized spacial score (nSPS) is 17.4. The lowest BCUT2D eigenvalue weighted by atomic mass is 9.88. The molecule has 3 nitrogen and oxygen atoms in total. The number of rotatable bonds is 3. The first-order valence-electron chi connectivity index (χ1n) is 5.32. The van der Waals surface area contributed by atoms with Crippen LogP contribution in [-0.4, -0.2) is 25.7 Å². The van der Waals surface area contributed by atoms with Crippen LogP contribution in [0.4, 0.5) is 4.39 Å². The van der Waals surface area contributed by atoms with Crippen molar-refractivity contribution < 1.29 is 13.9 Å². The van der Waals surface area contributed by atoms with E-state index >= 15 is 0 Å². The summed E-state index contributed by atoms with van der Waals surface area (Å²) in [6, 6.07) is 4.67. The van der Waals surface area contributed by atoms with Crippen molar-refractivity contribution in [3.05, 3.63) is 34.1 Å². The van der Waals surface area contributed by atoms with Crippen molar-refractivity contribution in [1.29, 1.82) is 0 Å². The Bertz CT molecular complexity index is 446. The highest BCUT2D eigenvalue weighted by Crippen LogP contribution is 2.25. The second-order valence-corrected chi connectivity index (χ2v) is 5.44. The fourth-order valence-electron chi connectivity index (χ4n) is 1.62. The summed E-state index contributed by atoms with van der Waals surface area (Å²) in [6.07, 6.45) is 0. The van der Waals surface area contributed by atoms with E-state index in [9.17, 15) is 9.18 Å². The van der Waals surface area contributed by atoms with Gasteiger partial charge in [-0.15, -0.1) is 0 Å². The zero-order chi connectivity index (χ0) is 12.5. The number of carbonyl (C=O) groups excluding carboxylic acids is 1. The minimum Gasteiger partial charge on any atom is -0.380 e. The molecule has 0 atom stereocenters. The smallest absolute Gasteiger partial charge is 0.254 e.